The third-order valence-electron chi connectivity index (χ3n) is 4.93. The van der Waals surface area contributed by atoms with Crippen LogP contribution in [-0.2, 0) is 16.6 Å². The van der Waals surface area contributed by atoms with E-state index in [0.717, 1.165) is 10.8 Å². The summed E-state index contributed by atoms with van der Waals surface area (Å²) in [5.41, 5.74) is -4.18. The number of rotatable bonds is 4. The van der Waals surface area contributed by atoms with E-state index in [-0.39, 0.29) is 5.75 Å². The van der Waals surface area contributed by atoms with E-state index in [4.69, 9.17) is 0 Å². The van der Waals surface area contributed by atoms with Crippen molar-refractivity contribution in [3.05, 3.63) is 78.4 Å². The smallest absolute Gasteiger partial charge is 0.507 e. The zero-order chi connectivity index (χ0) is 21.5. The standard InChI is InChI=1S/C22H16F3NO3S/c23-22(24,25)30(28,29)26-13-16-10-9-14-5-1-3-7-17(14)20(16)21-18-8-4-2-6-15(18)11-12-19(21)27/h1-12,26-27H,13H2. The van der Waals surface area contributed by atoms with Crippen molar-refractivity contribution in [3.63, 3.8) is 0 Å². The van der Waals surface area contributed by atoms with Crippen LogP contribution in [0.4, 0.5) is 13.2 Å². The van der Waals surface area contributed by atoms with Crippen molar-refractivity contribution < 1.29 is 26.7 Å². The van der Waals surface area contributed by atoms with Gasteiger partial charge in [-0.15, -0.1) is 0 Å². The molecule has 4 aromatic rings. The zero-order valence-electron chi connectivity index (χ0n) is 15.4. The lowest BCUT2D eigenvalue weighted by molar-refractivity contribution is -0.0448. The van der Waals surface area contributed by atoms with Gasteiger partial charge in [0, 0.05) is 12.1 Å². The van der Waals surface area contributed by atoms with Crippen LogP contribution in [-0.4, -0.2) is 19.0 Å². The van der Waals surface area contributed by atoms with E-state index in [1.807, 2.05) is 24.3 Å². The minimum absolute atomic E-state index is 0.0509. The molecule has 4 rings (SSSR count). The largest absolute Gasteiger partial charge is 0.511 e. The molecule has 0 unspecified atom stereocenters. The number of hydrogen-bond donors (Lipinski definition) is 2. The number of benzene rings is 4. The van der Waals surface area contributed by atoms with Gasteiger partial charge in [0.2, 0.25) is 0 Å². The molecule has 0 atom stereocenters. The maximum Gasteiger partial charge on any atom is 0.511 e. The Kier molecular flexibility index (Phi) is 4.91. The van der Waals surface area contributed by atoms with Crippen molar-refractivity contribution >= 4 is 31.6 Å². The highest BCUT2D eigenvalue weighted by atomic mass is 32.2. The van der Waals surface area contributed by atoms with Gasteiger partial charge in [0.15, 0.2) is 0 Å². The number of alkyl halides is 3. The fraction of sp³-hybridized carbons (Fsp3) is 0.0909. The third kappa shape index (κ3) is 3.48. The van der Waals surface area contributed by atoms with Crippen LogP contribution in [0.25, 0.3) is 32.7 Å². The second-order valence-electron chi connectivity index (χ2n) is 6.77. The molecule has 2 N–H and O–H groups in total. The number of hydrogen-bond acceptors (Lipinski definition) is 3. The SMILES string of the molecule is O=S(=O)(NCc1ccc2ccccc2c1-c1c(O)ccc2ccccc12)C(F)(F)F. The molecule has 0 spiro atoms. The summed E-state index contributed by atoms with van der Waals surface area (Å²) in [7, 11) is -5.51. The van der Waals surface area contributed by atoms with Gasteiger partial charge in [-0.3, -0.25) is 0 Å². The molecule has 4 aromatic carbocycles. The highest BCUT2D eigenvalue weighted by Crippen LogP contribution is 2.42. The number of fused-ring (bicyclic) bond motifs is 2. The van der Waals surface area contributed by atoms with Crippen LogP contribution in [0.5, 0.6) is 5.75 Å². The van der Waals surface area contributed by atoms with Crippen molar-refractivity contribution in [2.45, 2.75) is 12.1 Å². The lowest BCUT2D eigenvalue weighted by atomic mass is 9.89. The Morgan fingerprint density at radius 1 is 0.767 bits per heavy atom. The number of sulfonamides is 1. The van der Waals surface area contributed by atoms with Crippen LogP contribution in [0.3, 0.4) is 0 Å². The summed E-state index contributed by atoms with van der Waals surface area (Å²) in [6.45, 7) is -0.579. The average molecular weight is 431 g/mol. The quantitative estimate of drug-likeness (QED) is 0.461. The molecule has 30 heavy (non-hydrogen) atoms. The molecular formula is C22H16F3NO3S. The van der Waals surface area contributed by atoms with Crippen LogP contribution in [0.2, 0.25) is 0 Å². The molecule has 0 bridgehead atoms. The zero-order valence-corrected chi connectivity index (χ0v) is 16.3. The van der Waals surface area contributed by atoms with Gasteiger partial charge in [0.05, 0.1) is 0 Å². The summed E-state index contributed by atoms with van der Waals surface area (Å²) in [5, 5.41) is 13.7. The first-order valence-electron chi connectivity index (χ1n) is 8.97. The summed E-state index contributed by atoms with van der Waals surface area (Å²) in [5.74, 6) is -0.0509. The first-order chi connectivity index (χ1) is 14.2. The molecule has 8 heteroatoms. The van der Waals surface area contributed by atoms with E-state index in [1.54, 1.807) is 47.2 Å². The van der Waals surface area contributed by atoms with Crippen LogP contribution >= 0.6 is 0 Å². The van der Waals surface area contributed by atoms with Crippen LogP contribution in [0, 0.1) is 0 Å². The molecule has 154 valence electrons. The fourth-order valence-corrected chi connectivity index (χ4v) is 4.05. The lowest BCUT2D eigenvalue weighted by Crippen LogP contribution is -2.36. The van der Waals surface area contributed by atoms with Gasteiger partial charge in [0.1, 0.15) is 5.75 Å². The Morgan fingerprint density at radius 2 is 1.30 bits per heavy atom. The molecule has 0 aliphatic heterocycles. The van der Waals surface area contributed by atoms with Crippen LogP contribution in [0.15, 0.2) is 72.8 Å². The number of phenolic OH excluding ortho intramolecular Hbond substituents is 1. The summed E-state index contributed by atoms with van der Waals surface area (Å²) >= 11 is 0. The molecule has 4 nitrogen and oxygen atoms in total. The van der Waals surface area contributed by atoms with Crippen molar-refractivity contribution in [2.75, 3.05) is 0 Å². The molecule has 0 heterocycles. The molecule has 0 saturated carbocycles. The van der Waals surface area contributed by atoms with Crippen molar-refractivity contribution in [2.24, 2.45) is 0 Å². The monoisotopic (exact) mass is 431 g/mol. The molecule has 0 aliphatic rings. The topological polar surface area (TPSA) is 66.4 Å². The normalized spacial score (nSPS) is 12.5. The van der Waals surface area contributed by atoms with E-state index < -0.39 is 22.1 Å². The molecule has 0 amide bonds. The van der Waals surface area contributed by atoms with Crippen molar-refractivity contribution in [3.8, 4) is 16.9 Å². The molecule has 0 aromatic heterocycles. The summed E-state index contributed by atoms with van der Waals surface area (Å²) in [6, 6.07) is 21.0. The van der Waals surface area contributed by atoms with E-state index >= 15 is 0 Å². The molecule has 0 fully saturated rings. The van der Waals surface area contributed by atoms with Gasteiger partial charge in [-0.2, -0.15) is 13.2 Å². The van der Waals surface area contributed by atoms with Gasteiger partial charge in [-0.05, 0) is 38.7 Å². The van der Waals surface area contributed by atoms with Crippen molar-refractivity contribution in [1.82, 2.24) is 4.72 Å². The van der Waals surface area contributed by atoms with Crippen molar-refractivity contribution in [1.29, 1.82) is 0 Å². The third-order valence-corrected chi connectivity index (χ3v) is 6.06. The predicted octanol–water partition coefficient (Wildman–Crippen LogP) is 5.30. The molecule has 0 radical (unpaired) electrons. The molecular weight excluding hydrogens is 415 g/mol. The van der Waals surface area contributed by atoms with E-state index in [0.29, 0.717) is 27.5 Å². The maximum atomic E-state index is 12.8. The summed E-state index contributed by atoms with van der Waals surface area (Å²) in [4.78, 5) is 0. The second kappa shape index (κ2) is 7.30. The maximum absolute atomic E-state index is 12.8. The average Bonchev–Trinajstić information content (AvgIpc) is 2.71. The van der Waals surface area contributed by atoms with Crippen LogP contribution < -0.4 is 4.72 Å². The Morgan fingerprint density at radius 3 is 1.90 bits per heavy atom. The van der Waals surface area contributed by atoms with E-state index in [2.05, 4.69) is 0 Å². The Bertz CT molecular complexity index is 1370. The van der Waals surface area contributed by atoms with Gasteiger partial charge in [-0.25, -0.2) is 13.1 Å². The van der Waals surface area contributed by atoms with Gasteiger partial charge in [0.25, 0.3) is 0 Å². The first kappa shape index (κ1) is 20.2. The van der Waals surface area contributed by atoms with Crippen LogP contribution in [0.1, 0.15) is 5.56 Å². The first-order valence-corrected chi connectivity index (χ1v) is 10.4. The Hall–Kier alpha value is -3.10. The number of phenols is 1. The number of nitrogens with one attached hydrogen (secondary N) is 1. The highest BCUT2D eigenvalue weighted by Gasteiger charge is 2.45. The van der Waals surface area contributed by atoms with E-state index in [9.17, 15) is 26.7 Å². The van der Waals surface area contributed by atoms with Gasteiger partial charge < -0.3 is 5.11 Å². The summed E-state index contributed by atoms with van der Waals surface area (Å²) < 4.78 is 63.1. The molecule has 0 aliphatic carbocycles. The second-order valence-corrected chi connectivity index (χ2v) is 8.53. The van der Waals surface area contributed by atoms with E-state index in [1.165, 1.54) is 6.07 Å². The van der Waals surface area contributed by atoms with Gasteiger partial charge in [-0.1, -0.05) is 66.7 Å². The number of aromatic hydroxyl groups is 1. The number of halogens is 3. The minimum Gasteiger partial charge on any atom is -0.507 e. The minimum atomic E-state index is -5.51. The predicted molar refractivity (Wildman–Crippen MR) is 110 cm³/mol. The Labute approximate surface area is 170 Å². The molecule has 0 saturated heterocycles. The Balaban J connectivity index is 1.98. The highest BCUT2D eigenvalue weighted by molar-refractivity contribution is 7.90. The van der Waals surface area contributed by atoms with Gasteiger partial charge >= 0.3 is 15.5 Å². The lowest BCUT2D eigenvalue weighted by Gasteiger charge is -2.18. The fourth-order valence-electron chi connectivity index (χ4n) is 3.54. The summed E-state index contributed by atoms with van der Waals surface area (Å²) in [6.07, 6.45) is 0.